The lowest BCUT2D eigenvalue weighted by Crippen LogP contribution is -2.41. The van der Waals surface area contributed by atoms with Crippen molar-refractivity contribution in [1.82, 2.24) is 4.90 Å². The summed E-state index contributed by atoms with van der Waals surface area (Å²) in [6.07, 6.45) is -2.57. The number of hydrogen-bond donors (Lipinski definition) is 1. The highest BCUT2D eigenvalue weighted by Gasteiger charge is 2.31. The van der Waals surface area contributed by atoms with Gasteiger partial charge in [0.2, 0.25) is 5.91 Å². The molecule has 3 rings (SSSR count). The van der Waals surface area contributed by atoms with Gasteiger partial charge in [-0.15, -0.1) is 0 Å². The topological polar surface area (TPSA) is 49.4 Å². The minimum atomic E-state index is -4.43. The summed E-state index contributed by atoms with van der Waals surface area (Å²) in [6, 6.07) is 11.9. The highest BCUT2D eigenvalue weighted by molar-refractivity contribution is 5.95. The van der Waals surface area contributed by atoms with Crippen molar-refractivity contribution >= 4 is 17.5 Å². The number of amides is 2. The Labute approximate surface area is 167 Å². The fourth-order valence-corrected chi connectivity index (χ4v) is 3.51. The summed E-state index contributed by atoms with van der Waals surface area (Å²) in [7, 11) is 0. The summed E-state index contributed by atoms with van der Waals surface area (Å²) >= 11 is 0. The van der Waals surface area contributed by atoms with Gasteiger partial charge in [-0.2, -0.15) is 13.2 Å². The van der Waals surface area contributed by atoms with Crippen molar-refractivity contribution in [1.29, 1.82) is 0 Å². The fraction of sp³-hybridized carbons (Fsp3) is 0.364. The van der Waals surface area contributed by atoms with Crippen LogP contribution in [0.5, 0.6) is 0 Å². The number of para-hydroxylation sites is 1. The van der Waals surface area contributed by atoms with Gasteiger partial charge in [0.25, 0.3) is 5.91 Å². The summed E-state index contributed by atoms with van der Waals surface area (Å²) < 4.78 is 38.0. The number of carbonyl (C=O) groups excluding carboxylic acids is 2. The average Bonchev–Trinajstić information content (AvgIpc) is 2.73. The van der Waals surface area contributed by atoms with E-state index in [2.05, 4.69) is 5.32 Å². The molecule has 1 aliphatic rings. The number of anilines is 1. The lowest BCUT2D eigenvalue weighted by Gasteiger charge is -2.31. The van der Waals surface area contributed by atoms with Gasteiger partial charge in [0.05, 0.1) is 5.56 Å². The Bertz CT molecular complexity index is 870. The quantitative estimate of drug-likeness (QED) is 0.799. The minimum Gasteiger partial charge on any atom is -0.339 e. The van der Waals surface area contributed by atoms with Crippen LogP contribution in [0.25, 0.3) is 0 Å². The van der Waals surface area contributed by atoms with E-state index in [1.165, 1.54) is 12.1 Å². The van der Waals surface area contributed by atoms with Gasteiger partial charge in [-0.1, -0.05) is 25.1 Å². The SMILES string of the molecule is CCc1ccccc1NC(=O)C1CCN(C(=O)c2ccc(C(F)(F)F)cc2)CC1. The third-order valence-corrected chi connectivity index (χ3v) is 5.27. The zero-order valence-electron chi connectivity index (χ0n) is 16.1. The predicted molar refractivity (Wildman–Crippen MR) is 105 cm³/mol. The number of piperidine rings is 1. The van der Waals surface area contributed by atoms with Crippen molar-refractivity contribution in [2.75, 3.05) is 18.4 Å². The lowest BCUT2D eigenvalue weighted by molar-refractivity contribution is -0.137. The van der Waals surface area contributed by atoms with Crippen LogP contribution in [0.3, 0.4) is 0 Å². The molecule has 0 aliphatic carbocycles. The molecule has 2 aromatic rings. The molecule has 0 atom stereocenters. The standard InChI is InChI=1S/C22H23F3N2O2/c1-2-15-5-3-4-6-19(15)26-20(28)16-11-13-27(14-12-16)21(29)17-7-9-18(10-8-17)22(23,24)25/h3-10,16H,2,11-14H2,1H3,(H,26,28). The Balaban J connectivity index is 1.57. The van der Waals surface area contributed by atoms with Crippen molar-refractivity contribution in [2.24, 2.45) is 5.92 Å². The van der Waals surface area contributed by atoms with E-state index in [1.807, 2.05) is 31.2 Å². The first kappa shape index (κ1) is 20.9. The summed E-state index contributed by atoms with van der Waals surface area (Å²) in [5.41, 5.74) is 1.31. The number of aryl methyl sites for hydroxylation is 1. The number of benzene rings is 2. The molecule has 0 aromatic heterocycles. The molecule has 4 nitrogen and oxygen atoms in total. The first-order valence-electron chi connectivity index (χ1n) is 9.65. The number of alkyl halides is 3. The maximum Gasteiger partial charge on any atom is 0.416 e. The Morgan fingerprint density at radius 3 is 2.24 bits per heavy atom. The smallest absolute Gasteiger partial charge is 0.339 e. The molecule has 1 saturated heterocycles. The number of halogens is 3. The van der Waals surface area contributed by atoms with E-state index in [9.17, 15) is 22.8 Å². The van der Waals surface area contributed by atoms with Gasteiger partial charge < -0.3 is 10.2 Å². The fourth-order valence-electron chi connectivity index (χ4n) is 3.51. The highest BCUT2D eigenvalue weighted by Crippen LogP contribution is 2.29. The van der Waals surface area contributed by atoms with Crippen LogP contribution in [0.2, 0.25) is 0 Å². The van der Waals surface area contributed by atoms with Crippen molar-refractivity contribution in [3.05, 3.63) is 65.2 Å². The molecule has 29 heavy (non-hydrogen) atoms. The van der Waals surface area contributed by atoms with Crippen LogP contribution in [-0.2, 0) is 17.4 Å². The van der Waals surface area contributed by atoms with Gasteiger partial charge in [-0.3, -0.25) is 9.59 Å². The van der Waals surface area contributed by atoms with E-state index in [-0.39, 0.29) is 23.3 Å². The van der Waals surface area contributed by atoms with Gasteiger partial charge in [-0.05, 0) is 55.2 Å². The number of hydrogen-bond acceptors (Lipinski definition) is 2. The Morgan fingerprint density at radius 1 is 1.03 bits per heavy atom. The zero-order chi connectivity index (χ0) is 21.0. The number of nitrogens with one attached hydrogen (secondary N) is 1. The number of likely N-dealkylation sites (tertiary alicyclic amines) is 1. The van der Waals surface area contributed by atoms with Gasteiger partial charge in [0.1, 0.15) is 0 Å². The summed E-state index contributed by atoms with van der Waals surface area (Å²) in [4.78, 5) is 26.7. The Morgan fingerprint density at radius 2 is 1.66 bits per heavy atom. The van der Waals surface area contributed by atoms with E-state index in [1.54, 1.807) is 4.90 Å². The van der Waals surface area contributed by atoms with Gasteiger partial charge in [-0.25, -0.2) is 0 Å². The molecule has 1 fully saturated rings. The van der Waals surface area contributed by atoms with Crippen LogP contribution >= 0.6 is 0 Å². The van der Waals surface area contributed by atoms with Gasteiger partial charge in [0.15, 0.2) is 0 Å². The second-order valence-corrected chi connectivity index (χ2v) is 7.14. The first-order chi connectivity index (χ1) is 13.8. The molecular weight excluding hydrogens is 381 g/mol. The number of rotatable bonds is 4. The first-order valence-corrected chi connectivity index (χ1v) is 9.65. The molecule has 154 valence electrons. The average molecular weight is 404 g/mol. The molecule has 0 radical (unpaired) electrons. The molecule has 1 heterocycles. The summed E-state index contributed by atoms with van der Waals surface area (Å²) in [5, 5.41) is 2.98. The Hall–Kier alpha value is -2.83. The van der Waals surface area contributed by atoms with E-state index in [0.29, 0.717) is 25.9 Å². The molecule has 2 aromatic carbocycles. The van der Waals surface area contributed by atoms with Gasteiger partial charge >= 0.3 is 6.18 Å². The zero-order valence-corrected chi connectivity index (χ0v) is 16.1. The minimum absolute atomic E-state index is 0.0625. The maximum atomic E-state index is 12.7. The molecule has 0 bridgehead atoms. The summed E-state index contributed by atoms with van der Waals surface area (Å²) in [6.45, 7) is 2.82. The second kappa shape index (κ2) is 8.68. The maximum absolute atomic E-state index is 12.7. The lowest BCUT2D eigenvalue weighted by atomic mass is 9.95. The second-order valence-electron chi connectivity index (χ2n) is 7.14. The van der Waals surface area contributed by atoms with Crippen molar-refractivity contribution in [3.8, 4) is 0 Å². The third kappa shape index (κ3) is 4.96. The molecule has 0 spiro atoms. The summed E-state index contributed by atoms with van der Waals surface area (Å²) in [5.74, 6) is -0.571. The monoisotopic (exact) mass is 404 g/mol. The predicted octanol–water partition coefficient (Wildman–Crippen LogP) is 4.76. The molecule has 0 unspecified atom stereocenters. The van der Waals surface area contributed by atoms with Crippen LogP contribution in [0, 0.1) is 5.92 Å². The molecular formula is C22H23F3N2O2. The Kier molecular flexibility index (Phi) is 6.25. The van der Waals surface area contributed by atoms with E-state index >= 15 is 0 Å². The van der Waals surface area contributed by atoms with E-state index in [4.69, 9.17) is 0 Å². The molecule has 2 amide bonds. The molecule has 0 saturated carbocycles. The van der Waals surface area contributed by atoms with Crippen molar-refractivity contribution in [2.45, 2.75) is 32.4 Å². The molecule has 1 N–H and O–H groups in total. The van der Waals surface area contributed by atoms with Crippen LogP contribution in [-0.4, -0.2) is 29.8 Å². The largest absolute Gasteiger partial charge is 0.416 e. The number of nitrogens with zero attached hydrogens (tertiary/aromatic N) is 1. The normalized spacial score (nSPS) is 15.2. The van der Waals surface area contributed by atoms with Crippen LogP contribution in [0.4, 0.5) is 18.9 Å². The van der Waals surface area contributed by atoms with Crippen LogP contribution in [0.15, 0.2) is 48.5 Å². The van der Waals surface area contributed by atoms with Crippen LogP contribution in [0.1, 0.15) is 41.3 Å². The van der Waals surface area contributed by atoms with Crippen molar-refractivity contribution in [3.63, 3.8) is 0 Å². The molecule has 1 aliphatic heterocycles. The van der Waals surface area contributed by atoms with Crippen molar-refractivity contribution < 1.29 is 22.8 Å². The third-order valence-electron chi connectivity index (χ3n) is 5.27. The van der Waals surface area contributed by atoms with Crippen LogP contribution < -0.4 is 5.32 Å². The van der Waals surface area contributed by atoms with E-state index in [0.717, 1.165) is 29.8 Å². The molecule has 7 heteroatoms. The number of carbonyl (C=O) groups is 2. The van der Waals surface area contributed by atoms with Gasteiger partial charge in [0, 0.05) is 30.3 Å². The highest BCUT2D eigenvalue weighted by atomic mass is 19.4. The van der Waals surface area contributed by atoms with E-state index < -0.39 is 11.7 Å².